The second-order valence-electron chi connectivity index (χ2n) is 8.87. The van der Waals surface area contributed by atoms with E-state index in [9.17, 15) is 4.79 Å². The fraction of sp³-hybridized carbons (Fsp3) is 0.0606. The van der Waals surface area contributed by atoms with E-state index in [-0.39, 0.29) is 5.78 Å². The second kappa shape index (κ2) is 8.28. The molecule has 2 aliphatic rings. The van der Waals surface area contributed by atoms with Gasteiger partial charge in [0.15, 0.2) is 5.78 Å². The van der Waals surface area contributed by atoms with Crippen LogP contribution in [0.2, 0.25) is 0 Å². The molecule has 0 unspecified atom stereocenters. The monoisotopic (exact) mass is 436 g/mol. The summed E-state index contributed by atoms with van der Waals surface area (Å²) in [5.41, 5.74) is 10.3. The summed E-state index contributed by atoms with van der Waals surface area (Å²) in [6.45, 7) is 4.00. The molecule has 162 valence electrons. The first-order chi connectivity index (χ1) is 16.7. The van der Waals surface area contributed by atoms with E-state index in [0.717, 1.165) is 28.5 Å². The van der Waals surface area contributed by atoms with Crippen molar-refractivity contribution < 1.29 is 4.79 Å². The number of ketones is 1. The van der Waals surface area contributed by atoms with Crippen LogP contribution >= 0.6 is 0 Å². The van der Waals surface area contributed by atoms with Crippen molar-refractivity contribution in [3.8, 4) is 11.1 Å². The van der Waals surface area contributed by atoms with Gasteiger partial charge in [-0.15, -0.1) is 0 Å². The van der Waals surface area contributed by atoms with Gasteiger partial charge in [0.2, 0.25) is 0 Å². The third kappa shape index (κ3) is 3.29. The van der Waals surface area contributed by atoms with Gasteiger partial charge < -0.3 is 0 Å². The molecule has 0 amide bonds. The Morgan fingerprint density at radius 3 is 2.44 bits per heavy atom. The van der Waals surface area contributed by atoms with E-state index in [1.54, 1.807) is 0 Å². The molecule has 34 heavy (non-hydrogen) atoms. The van der Waals surface area contributed by atoms with Gasteiger partial charge in [0.05, 0.1) is 0 Å². The number of allylic oxidation sites excluding steroid dienone is 7. The Kier molecular flexibility index (Phi) is 4.96. The first-order valence-corrected chi connectivity index (χ1v) is 11.7. The average molecular weight is 437 g/mol. The molecule has 0 atom stereocenters. The zero-order chi connectivity index (χ0) is 23.1. The van der Waals surface area contributed by atoms with E-state index >= 15 is 0 Å². The number of carbonyl (C=O) groups is 1. The summed E-state index contributed by atoms with van der Waals surface area (Å²) in [5.74, 6) is 0.228. The minimum atomic E-state index is 0.228. The standard InChI is InChI=1S/C33H24O/c1-2-10-23(28-15-9-8-14-27(28)22-11-4-3-5-12-22)19-25-17-18-26-21-31(34)30-20-24-13-6-7-16-29(24)32(25)33(26)30/h2-16,18-20H,1,17,21H2/b23-10+,25-19+. The predicted molar refractivity (Wildman–Crippen MR) is 144 cm³/mol. The Balaban J connectivity index is 1.58. The highest BCUT2D eigenvalue weighted by Crippen LogP contribution is 2.47. The zero-order valence-electron chi connectivity index (χ0n) is 18.9. The molecular formula is C33H24O. The molecule has 4 aromatic rings. The van der Waals surface area contributed by atoms with Crippen LogP contribution in [0.15, 0.2) is 116 Å². The predicted octanol–water partition coefficient (Wildman–Crippen LogP) is 8.53. The van der Waals surface area contributed by atoms with Crippen LogP contribution in [-0.2, 0) is 0 Å². The fourth-order valence-corrected chi connectivity index (χ4v) is 5.37. The lowest BCUT2D eigenvalue weighted by molar-refractivity contribution is 0.100. The van der Waals surface area contributed by atoms with E-state index in [0.29, 0.717) is 6.42 Å². The van der Waals surface area contributed by atoms with Gasteiger partial charge in [-0.05, 0) is 67.8 Å². The van der Waals surface area contributed by atoms with E-state index in [1.807, 2.05) is 18.2 Å². The number of rotatable bonds is 4. The lowest BCUT2D eigenvalue weighted by Crippen LogP contribution is -2.01. The van der Waals surface area contributed by atoms with Crippen molar-refractivity contribution in [2.45, 2.75) is 12.8 Å². The highest BCUT2D eigenvalue weighted by Gasteiger charge is 2.31. The van der Waals surface area contributed by atoms with Crippen molar-refractivity contribution in [3.63, 3.8) is 0 Å². The minimum absolute atomic E-state index is 0.228. The molecule has 0 bridgehead atoms. The normalized spacial score (nSPS) is 16.0. The number of hydrogen-bond donors (Lipinski definition) is 0. The number of hydrogen-bond acceptors (Lipinski definition) is 1. The highest BCUT2D eigenvalue weighted by molar-refractivity contribution is 6.19. The molecule has 1 heteroatoms. The molecule has 0 heterocycles. The molecule has 0 fully saturated rings. The maximum absolute atomic E-state index is 12.8. The van der Waals surface area contributed by atoms with Gasteiger partial charge in [0.1, 0.15) is 0 Å². The van der Waals surface area contributed by atoms with Crippen molar-refractivity contribution in [2.75, 3.05) is 0 Å². The molecule has 6 rings (SSSR count). The summed E-state index contributed by atoms with van der Waals surface area (Å²) in [4.78, 5) is 12.8. The summed E-state index contributed by atoms with van der Waals surface area (Å²) < 4.78 is 0. The smallest absolute Gasteiger partial charge is 0.167 e. The molecule has 4 aromatic carbocycles. The molecule has 0 aromatic heterocycles. The largest absolute Gasteiger partial charge is 0.294 e. The topological polar surface area (TPSA) is 17.1 Å². The zero-order valence-corrected chi connectivity index (χ0v) is 18.9. The van der Waals surface area contributed by atoms with E-state index in [4.69, 9.17) is 0 Å². The highest BCUT2D eigenvalue weighted by atomic mass is 16.1. The average Bonchev–Trinajstić information content (AvgIpc) is 3.21. The lowest BCUT2D eigenvalue weighted by atomic mass is 9.82. The van der Waals surface area contributed by atoms with Crippen LogP contribution in [-0.4, -0.2) is 5.78 Å². The Hall–Kier alpha value is -4.23. The molecule has 0 saturated heterocycles. The van der Waals surface area contributed by atoms with Crippen molar-refractivity contribution in [3.05, 3.63) is 138 Å². The van der Waals surface area contributed by atoms with Crippen molar-refractivity contribution in [1.82, 2.24) is 0 Å². The molecule has 0 N–H and O–H groups in total. The molecule has 2 aliphatic carbocycles. The van der Waals surface area contributed by atoms with Crippen LogP contribution in [0.3, 0.4) is 0 Å². The summed E-state index contributed by atoms with van der Waals surface area (Å²) >= 11 is 0. The molecule has 0 radical (unpaired) electrons. The second-order valence-corrected chi connectivity index (χ2v) is 8.87. The summed E-state index contributed by atoms with van der Waals surface area (Å²) in [5, 5.41) is 2.33. The summed E-state index contributed by atoms with van der Waals surface area (Å²) in [6.07, 6.45) is 9.80. The van der Waals surface area contributed by atoms with Gasteiger partial charge in [-0.1, -0.05) is 110 Å². The van der Waals surface area contributed by atoms with Crippen molar-refractivity contribution in [1.29, 1.82) is 0 Å². The Bertz CT molecular complexity index is 1560. The third-order valence-corrected chi connectivity index (χ3v) is 6.86. The van der Waals surface area contributed by atoms with E-state index in [1.165, 1.54) is 38.8 Å². The van der Waals surface area contributed by atoms with Crippen LogP contribution in [0.1, 0.15) is 39.9 Å². The number of benzene rings is 4. The van der Waals surface area contributed by atoms with Crippen LogP contribution in [0, 0.1) is 0 Å². The number of fused-ring (bicyclic) bond motifs is 2. The summed E-state index contributed by atoms with van der Waals surface area (Å²) in [7, 11) is 0. The molecule has 0 aliphatic heterocycles. The first-order valence-electron chi connectivity index (χ1n) is 11.7. The first kappa shape index (κ1) is 20.4. The Morgan fingerprint density at radius 2 is 1.59 bits per heavy atom. The van der Waals surface area contributed by atoms with Gasteiger partial charge in [0, 0.05) is 12.0 Å². The Morgan fingerprint density at radius 1 is 0.824 bits per heavy atom. The van der Waals surface area contributed by atoms with Crippen LogP contribution < -0.4 is 0 Å². The van der Waals surface area contributed by atoms with Crippen molar-refractivity contribution in [2.24, 2.45) is 0 Å². The molecular weight excluding hydrogens is 412 g/mol. The Labute approximate surface area is 200 Å². The van der Waals surface area contributed by atoms with Gasteiger partial charge in [-0.25, -0.2) is 0 Å². The quantitative estimate of drug-likeness (QED) is 0.293. The van der Waals surface area contributed by atoms with Gasteiger partial charge in [-0.2, -0.15) is 0 Å². The maximum Gasteiger partial charge on any atom is 0.167 e. The molecule has 1 nitrogen and oxygen atoms in total. The summed E-state index contributed by atoms with van der Waals surface area (Å²) in [6, 6.07) is 29.5. The van der Waals surface area contributed by atoms with Gasteiger partial charge >= 0.3 is 0 Å². The van der Waals surface area contributed by atoms with Gasteiger partial charge in [-0.3, -0.25) is 4.79 Å². The van der Waals surface area contributed by atoms with Crippen LogP contribution in [0.5, 0.6) is 0 Å². The molecule has 0 saturated carbocycles. The fourth-order valence-electron chi connectivity index (χ4n) is 5.37. The van der Waals surface area contributed by atoms with Crippen LogP contribution in [0.25, 0.3) is 38.6 Å². The van der Waals surface area contributed by atoms with E-state index < -0.39 is 0 Å². The molecule has 0 spiro atoms. The maximum atomic E-state index is 12.8. The number of Topliss-reactive ketones (excluding diaryl/α,β-unsaturated/α-hetero) is 1. The SMILES string of the molecule is C=C/C=C(\C=C1/CC=C2CC(=O)c3cc4ccccc4c1c32)c1ccccc1-c1ccccc1. The van der Waals surface area contributed by atoms with Crippen molar-refractivity contribution >= 4 is 33.3 Å². The minimum Gasteiger partial charge on any atom is -0.294 e. The number of carbonyl (C=O) groups excluding carboxylic acids is 1. The van der Waals surface area contributed by atoms with E-state index in [2.05, 4.69) is 97.6 Å². The lowest BCUT2D eigenvalue weighted by Gasteiger charge is -2.21. The third-order valence-electron chi connectivity index (χ3n) is 6.86. The van der Waals surface area contributed by atoms with Crippen LogP contribution in [0.4, 0.5) is 0 Å². The van der Waals surface area contributed by atoms with Gasteiger partial charge in [0.25, 0.3) is 0 Å².